The number of aryl methyl sites for hydroxylation is 1. The Hall–Kier alpha value is -5.39. The van der Waals surface area contributed by atoms with Gasteiger partial charge in [0.25, 0.3) is 17.5 Å². The first-order valence-electron chi connectivity index (χ1n) is 20.2. The van der Waals surface area contributed by atoms with E-state index in [-0.39, 0.29) is 42.9 Å². The maximum atomic E-state index is 13.9. The van der Waals surface area contributed by atoms with Gasteiger partial charge in [-0.1, -0.05) is 35.1 Å². The van der Waals surface area contributed by atoms with E-state index in [4.69, 9.17) is 18.9 Å². The minimum Gasteiger partial charge on any atom is -0.493 e. The third-order valence-corrected chi connectivity index (χ3v) is 13.7. The van der Waals surface area contributed by atoms with Gasteiger partial charge in [-0.05, 0) is 103 Å². The summed E-state index contributed by atoms with van der Waals surface area (Å²) in [6, 6.07) is 8.64. The maximum Gasteiger partial charge on any atom is 0.316 e. The molecule has 7 rings (SSSR count). The first-order chi connectivity index (χ1) is 29.3. The Morgan fingerprint density at radius 3 is 2.36 bits per heavy atom. The van der Waals surface area contributed by atoms with Gasteiger partial charge in [-0.25, -0.2) is 4.98 Å². The van der Waals surface area contributed by atoms with Gasteiger partial charge in [-0.15, -0.1) is 0 Å². The average Bonchev–Trinajstić information content (AvgIpc) is 3.80. The molecule has 17 heteroatoms. The lowest BCUT2D eigenvalue weighted by atomic mass is 9.86. The number of carbonyl (C=O) groups is 4. The predicted octanol–water partition coefficient (Wildman–Crippen LogP) is 6.43. The molecular formula is C44H48N4O11S2. The van der Waals surface area contributed by atoms with Gasteiger partial charge in [0.15, 0.2) is 17.3 Å². The van der Waals surface area contributed by atoms with Crippen molar-refractivity contribution < 1.29 is 48.2 Å². The Balaban J connectivity index is 0.936. The van der Waals surface area contributed by atoms with Crippen molar-refractivity contribution in [1.82, 2.24) is 14.8 Å². The summed E-state index contributed by atoms with van der Waals surface area (Å²) in [6.45, 7) is 11.3. The molecule has 2 saturated heterocycles. The van der Waals surface area contributed by atoms with Crippen LogP contribution >= 0.6 is 21.6 Å². The van der Waals surface area contributed by atoms with Gasteiger partial charge in [-0.2, -0.15) is 0 Å². The van der Waals surface area contributed by atoms with Crippen LogP contribution in [-0.2, 0) is 20.7 Å². The van der Waals surface area contributed by atoms with Gasteiger partial charge in [0.05, 0.1) is 50.0 Å². The lowest BCUT2D eigenvalue weighted by molar-refractivity contribution is -0.385. The van der Waals surface area contributed by atoms with Crippen molar-refractivity contribution in [3.63, 3.8) is 0 Å². The SMILES string of the molecule is C=C1C[C@H]2C(=O)Cc3cc(OCCCCCOc4cc5c(cc4C)C(=O)N4CC(=C)C[C@H]4[C@H](O)C5C(=O)OCCCSSc4ccc([N+](=O)[O-])cn4)c(OC)cc3C(=O)N2C1. The summed E-state index contributed by atoms with van der Waals surface area (Å²) in [5.74, 6) is -0.300. The minimum atomic E-state index is -1.23. The third-order valence-electron chi connectivity index (χ3n) is 11.3. The molecule has 1 aromatic heterocycles. The van der Waals surface area contributed by atoms with E-state index in [2.05, 4.69) is 18.1 Å². The van der Waals surface area contributed by atoms with E-state index in [9.17, 15) is 34.4 Å². The van der Waals surface area contributed by atoms with Gasteiger partial charge in [0, 0.05) is 42.5 Å². The zero-order chi connectivity index (χ0) is 43.4. The number of aromatic nitrogens is 1. The maximum absolute atomic E-state index is 13.9. The van der Waals surface area contributed by atoms with Crippen LogP contribution in [0.1, 0.15) is 81.8 Å². The third kappa shape index (κ3) is 9.58. The summed E-state index contributed by atoms with van der Waals surface area (Å²) in [7, 11) is 4.34. The van der Waals surface area contributed by atoms with Gasteiger partial charge in [-0.3, -0.25) is 29.3 Å². The number of carbonyl (C=O) groups excluding carboxylic acids is 4. The van der Waals surface area contributed by atoms with E-state index < -0.39 is 35.0 Å². The molecule has 61 heavy (non-hydrogen) atoms. The number of nitrogens with zero attached hydrogens (tertiary/aromatic N) is 4. The molecule has 322 valence electrons. The van der Waals surface area contributed by atoms with Crippen molar-refractivity contribution in [3.8, 4) is 17.2 Å². The molecule has 2 amide bonds. The number of nitro groups is 1. The first-order valence-corrected chi connectivity index (χ1v) is 22.5. The second kappa shape index (κ2) is 19.1. The van der Waals surface area contributed by atoms with Crippen LogP contribution in [0.15, 0.2) is 71.9 Å². The summed E-state index contributed by atoms with van der Waals surface area (Å²) in [5.41, 5.74) is 4.02. The van der Waals surface area contributed by atoms with Crippen LogP contribution in [0.25, 0.3) is 0 Å². The van der Waals surface area contributed by atoms with Gasteiger partial charge in [0.1, 0.15) is 22.9 Å². The van der Waals surface area contributed by atoms with Crippen LogP contribution in [0.2, 0.25) is 0 Å². The summed E-state index contributed by atoms with van der Waals surface area (Å²) in [5, 5.41) is 23.2. The highest BCUT2D eigenvalue weighted by Gasteiger charge is 2.48. The topological polar surface area (TPSA) is 188 Å². The number of ketones is 1. The highest BCUT2D eigenvalue weighted by atomic mass is 33.1. The molecule has 1 N–H and O–H groups in total. The highest BCUT2D eigenvalue weighted by Crippen LogP contribution is 2.41. The molecule has 5 heterocycles. The molecule has 2 aromatic carbocycles. The number of pyridine rings is 1. The predicted molar refractivity (Wildman–Crippen MR) is 228 cm³/mol. The summed E-state index contributed by atoms with van der Waals surface area (Å²) in [6.07, 6.45) is 3.57. The molecule has 0 radical (unpaired) electrons. The fourth-order valence-electron chi connectivity index (χ4n) is 8.22. The Labute approximate surface area is 361 Å². The van der Waals surface area contributed by atoms with Crippen molar-refractivity contribution in [2.24, 2.45) is 0 Å². The van der Waals surface area contributed by atoms with Gasteiger partial charge in [0.2, 0.25) is 0 Å². The Kier molecular flexibility index (Phi) is 13.7. The first kappa shape index (κ1) is 43.7. The smallest absolute Gasteiger partial charge is 0.316 e. The molecule has 0 bridgehead atoms. The van der Waals surface area contributed by atoms with Crippen LogP contribution in [0.3, 0.4) is 0 Å². The lowest BCUT2D eigenvalue weighted by Gasteiger charge is -2.28. The van der Waals surface area contributed by atoms with E-state index in [1.165, 1.54) is 41.0 Å². The molecule has 15 nitrogen and oxygen atoms in total. The number of methoxy groups -OCH3 is 1. The standard InChI is InChI=1S/C44H48N4O11S2/c1-25-15-33-35(49)18-28-19-38(37(56-4)20-30(28)42(51)46(33)23-25)58-12-7-5-6-11-57-36-21-31-32(17-27(36)3)43(52)47-24-26(2)16-34(47)41(50)40(31)44(53)59-13-8-14-60-61-39-10-9-29(22-45-39)48(54)55/h9-10,17,19-22,33-34,40-41,50H,1-2,5-8,11-16,18,23-24H2,3-4H3/t33-,34-,40?,41-/m0/s1. The fraction of sp³-hybridized carbons (Fsp3) is 0.432. The van der Waals surface area contributed by atoms with Crippen LogP contribution in [0.5, 0.6) is 17.2 Å². The summed E-state index contributed by atoms with van der Waals surface area (Å²) in [4.78, 5) is 71.8. The zero-order valence-electron chi connectivity index (χ0n) is 34.1. The van der Waals surface area contributed by atoms with Crippen molar-refractivity contribution in [1.29, 1.82) is 0 Å². The molecule has 0 spiro atoms. The molecule has 0 saturated carbocycles. The van der Waals surface area contributed by atoms with Crippen molar-refractivity contribution in [3.05, 3.63) is 105 Å². The fourth-order valence-corrected chi connectivity index (χ4v) is 10.1. The lowest BCUT2D eigenvalue weighted by Crippen LogP contribution is -2.44. The molecule has 2 fully saturated rings. The second-order valence-electron chi connectivity index (χ2n) is 15.6. The average molecular weight is 873 g/mol. The number of hydrogen-bond donors (Lipinski definition) is 1. The molecule has 0 aliphatic carbocycles. The Morgan fingerprint density at radius 2 is 1.64 bits per heavy atom. The van der Waals surface area contributed by atoms with Crippen LogP contribution < -0.4 is 14.2 Å². The number of ether oxygens (including phenoxy) is 4. The van der Waals surface area contributed by atoms with Crippen molar-refractivity contribution in [2.75, 3.05) is 45.8 Å². The van der Waals surface area contributed by atoms with E-state index in [0.29, 0.717) is 108 Å². The number of esters is 1. The van der Waals surface area contributed by atoms with Gasteiger partial charge >= 0.3 is 5.97 Å². The minimum absolute atomic E-state index is 0.0182. The number of rotatable bonds is 17. The molecule has 1 unspecified atom stereocenters. The van der Waals surface area contributed by atoms with E-state index in [1.807, 2.05) is 6.92 Å². The Morgan fingerprint density at radius 1 is 0.918 bits per heavy atom. The normalized spacial score (nSPS) is 20.7. The van der Waals surface area contributed by atoms with E-state index >= 15 is 0 Å². The number of fused-ring (bicyclic) bond motifs is 4. The van der Waals surface area contributed by atoms with Crippen LogP contribution in [0, 0.1) is 17.0 Å². The summed E-state index contributed by atoms with van der Waals surface area (Å²) < 4.78 is 23.6. The van der Waals surface area contributed by atoms with E-state index in [0.717, 1.165) is 17.6 Å². The zero-order valence-corrected chi connectivity index (χ0v) is 35.7. The van der Waals surface area contributed by atoms with E-state index in [1.54, 1.807) is 40.1 Å². The van der Waals surface area contributed by atoms with Crippen LogP contribution in [-0.4, -0.2) is 112 Å². The van der Waals surface area contributed by atoms with Crippen molar-refractivity contribution in [2.45, 2.75) is 81.0 Å². The number of amides is 2. The quantitative estimate of drug-likeness (QED) is 0.0390. The number of aliphatic hydroxyl groups excluding tert-OH is 1. The van der Waals surface area contributed by atoms with Gasteiger partial charge < -0.3 is 33.9 Å². The van der Waals surface area contributed by atoms with Crippen molar-refractivity contribution >= 4 is 50.8 Å². The highest BCUT2D eigenvalue weighted by molar-refractivity contribution is 8.76. The number of aliphatic hydroxyl groups is 1. The number of Topliss-reactive ketones (excluding diaryl/α,β-unsaturated/α-hetero) is 1. The molecule has 3 aromatic rings. The molecule has 4 aliphatic heterocycles. The summed E-state index contributed by atoms with van der Waals surface area (Å²) >= 11 is 0. The monoisotopic (exact) mass is 872 g/mol. The number of hydrogen-bond acceptors (Lipinski definition) is 14. The molecule has 4 aliphatic rings. The molecular weight excluding hydrogens is 825 g/mol. The number of benzene rings is 2. The Bertz CT molecular complexity index is 2250. The second-order valence-corrected chi connectivity index (χ2v) is 18.1. The van der Waals surface area contributed by atoms with Crippen LogP contribution in [0.4, 0.5) is 5.69 Å². The number of unbranched alkanes of at least 4 members (excludes halogenated alkanes) is 2. The molecule has 4 atom stereocenters. The largest absolute Gasteiger partial charge is 0.493 e.